The Morgan fingerprint density at radius 2 is 2.06 bits per heavy atom. The first-order chi connectivity index (χ1) is 8.17. The van der Waals surface area contributed by atoms with Gasteiger partial charge in [-0.2, -0.15) is 0 Å². The largest absolute Gasteiger partial charge is 0.494 e. The minimum Gasteiger partial charge on any atom is -0.494 e. The zero-order valence-corrected chi connectivity index (χ0v) is 10.5. The molecule has 1 heterocycles. The fraction of sp³-hybridized carbons (Fsp3) is 0.357. The SMILES string of the molecule is CCOc1ccc2[nH]c(CC)c(C)c(=O)c2c1. The van der Waals surface area contributed by atoms with Crippen molar-refractivity contribution in [1.82, 2.24) is 4.98 Å². The molecule has 3 heteroatoms. The standard InChI is InChI=1S/C14H17NO2/c1-4-12-9(3)14(16)11-8-10(17-5-2)6-7-13(11)15-12/h6-8H,4-5H2,1-3H3,(H,15,16). The Kier molecular flexibility index (Phi) is 3.18. The van der Waals surface area contributed by atoms with E-state index >= 15 is 0 Å². The third-order valence-electron chi connectivity index (χ3n) is 2.98. The summed E-state index contributed by atoms with van der Waals surface area (Å²) in [6, 6.07) is 5.60. The average molecular weight is 231 g/mol. The Morgan fingerprint density at radius 3 is 2.71 bits per heavy atom. The van der Waals surface area contributed by atoms with E-state index in [2.05, 4.69) is 4.98 Å². The van der Waals surface area contributed by atoms with E-state index in [1.54, 1.807) is 0 Å². The third kappa shape index (κ3) is 2.05. The van der Waals surface area contributed by atoms with Gasteiger partial charge in [-0.3, -0.25) is 4.79 Å². The quantitative estimate of drug-likeness (QED) is 0.882. The predicted molar refractivity (Wildman–Crippen MR) is 69.9 cm³/mol. The van der Waals surface area contributed by atoms with Crippen LogP contribution < -0.4 is 10.2 Å². The van der Waals surface area contributed by atoms with Crippen LogP contribution in [0.25, 0.3) is 10.9 Å². The topological polar surface area (TPSA) is 42.1 Å². The molecule has 0 aliphatic heterocycles. The van der Waals surface area contributed by atoms with Crippen molar-refractivity contribution in [2.24, 2.45) is 0 Å². The molecule has 2 rings (SSSR count). The summed E-state index contributed by atoms with van der Waals surface area (Å²) in [6.45, 7) is 6.44. The van der Waals surface area contributed by atoms with Gasteiger partial charge in [0.1, 0.15) is 5.75 Å². The van der Waals surface area contributed by atoms with E-state index in [0.717, 1.165) is 28.9 Å². The summed E-state index contributed by atoms with van der Waals surface area (Å²) in [7, 11) is 0. The summed E-state index contributed by atoms with van der Waals surface area (Å²) < 4.78 is 5.41. The molecule has 1 aromatic carbocycles. The van der Waals surface area contributed by atoms with Crippen molar-refractivity contribution in [3.05, 3.63) is 39.7 Å². The lowest BCUT2D eigenvalue weighted by molar-refractivity contribution is 0.340. The highest BCUT2D eigenvalue weighted by Crippen LogP contribution is 2.18. The van der Waals surface area contributed by atoms with Crippen molar-refractivity contribution in [1.29, 1.82) is 0 Å². The van der Waals surface area contributed by atoms with Crippen molar-refractivity contribution in [2.75, 3.05) is 6.61 Å². The number of nitrogens with one attached hydrogen (secondary N) is 1. The van der Waals surface area contributed by atoms with Crippen LogP contribution in [-0.4, -0.2) is 11.6 Å². The van der Waals surface area contributed by atoms with E-state index in [1.807, 2.05) is 39.0 Å². The highest BCUT2D eigenvalue weighted by Gasteiger charge is 2.07. The second kappa shape index (κ2) is 4.62. The van der Waals surface area contributed by atoms with Crippen LogP contribution in [-0.2, 0) is 6.42 Å². The number of H-pyrrole nitrogens is 1. The minimum absolute atomic E-state index is 0.0946. The monoisotopic (exact) mass is 231 g/mol. The molecule has 0 radical (unpaired) electrons. The van der Waals surface area contributed by atoms with Crippen molar-refractivity contribution in [2.45, 2.75) is 27.2 Å². The highest BCUT2D eigenvalue weighted by molar-refractivity contribution is 5.81. The van der Waals surface area contributed by atoms with Gasteiger partial charge in [-0.15, -0.1) is 0 Å². The molecule has 2 aromatic rings. The molecule has 1 N–H and O–H groups in total. The molecule has 0 saturated carbocycles. The Balaban J connectivity index is 2.70. The summed E-state index contributed by atoms with van der Waals surface area (Å²) in [5.41, 5.74) is 2.78. The van der Waals surface area contributed by atoms with E-state index in [0.29, 0.717) is 12.0 Å². The van der Waals surface area contributed by atoms with Crippen molar-refractivity contribution in [3.8, 4) is 5.75 Å². The van der Waals surface area contributed by atoms with E-state index in [4.69, 9.17) is 4.74 Å². The van der Waals surface area contributed by atoms with Crippen LogP contribution in [0.2, 0.25) is 0 Å². The van der Waals surface area contributed by atoms with Crippen LogP contribution in [0.5, 0.6) is 5.75 Å². The summed E-state index contributed by atoms with van der Waals surface area (Å²) in [5, 5.41) is 0.700. The van der Waals surface area contributed by atoms with E-state index in [-0.39, 0.29) is 5.43 Å². The molecule has 0 spiro atoms. The molecule has 90 valence electrons. The number of aryl methyl sites for hydroxylation is 1. The number of aromatic nitrogens is 1. The van der Waals surface area contributed by atoms with Gasteiger partial charge in [-0.25, -0.2) is 0 Å². The van der Waals surface area contributed by atoms with Crippen molar-refractivity contribution in [3.63, 3.8) is 0 Å². The lowest BCUT2D eigenvalue weighted by Crippen LogP contribution is -2.11. The van der Waals surface area contributed by atoms with E-state index in [1.165, 1.54) is 0 Å². The molecular formula is C14H17NO2. The van der Waals surface area contributed by atoms with Crippen molar-refractivity contribution >= 4 is 10.9 Å². The summed E-state index contributed by atoms with van der Waals surface area (Å²) in [5.74, 6) is 0.745. The number of hydrogen-bond acceptors (Lipinski definition) is 2. The number of benzene rings is 1. The number of pyridine rings is 1. The first-order valence-electron chi connectivity index (χ1n) is 5.95. The smallest absolute Gasteiger partial charge is 0.192 e. The minimum atomic E-state index is 0.0946. The van der Waals surface area contributed by atoms with E-state index in [9.17, 15) is 4.79 Å². The first kappa shape index (κ1) is 11.7. The second-order valence-corrected chi connectivity index (χ2v) is 4.05. The van der Waals surface area contributed by atoms with Crippen LogP contribution in [0.4, 0.5) is 0 Å². The first-order valence-corrected chi connectivity index (χ1v) is 5.95. The maximum Gasteiger partial charge on any atom is 0.192 e. The summed E-state index contributed by atoms with van der Waals surface area (Å²) in [4.78, 5) is 15.5. The molecule has 0 unspecified atom stereocenters. The molecule has 0 atom stereocenters. The average Bonchev–Trinajstić information content (AvgIpc) is 2.34. The van der Waals surface area contributed by atoms with Gasteiger partial charge in [0.25, 0.3) is 0 Å². The molecule has 0 bridgehead atoms. The number of fused-ring (bicyclic) bond motifs is 1. The number of aromatic amines is 1. The lowest BCUT2D eigenvalue weighted by atomic mass is 10.1. The van der Waals surface area contributed by atoms with Crippen LogP contribution in [0, 0.1) is 6.92 Å². The molecule has 17 heavy (non-hydrogen) atoms. The summed E-state index contributed by atoms with van der Waals surface area (Å²) >= 11 is 0. The Morgan fingerprint density at radius 1 is 1.29 bits per heavy atom. The molecule has 0 aliphatic carbocycles. The highest BCUT2D eigenvalue weighted by atomic mass is 16.5. The Bertz CT molecular complexity index is 599. The third-order valence-corrected chi connectivity index (χ3v) is 2.98. The van der Waals surface area contributed by atoms with Gasteiger partial charge in [-0.05, 0) is 38.5 Å². The van der Waals surface area contributed by atoms with Gasteiger partial charge in [0, 0.05) is 22.2 Å². The van der Waals surface area contributed by atoms with Crippen LogP contribution in [0.1, 0.15) is 25.1 Å². The molecule has 0 saturated heterocycles. The van der Waals surface area contributed by atoms with Gasteiger partial charge in [-0.1, -0.05) is 6.92 Å². The van der Waals surface area contributed by atoms with Gasteiger partial charge in [0.2, 0.25) is 0 Å². The number of ether oxygens (including phenoxy) is 1. The predicted octanol–water partition coefficient (Wildman–Crippen LogP) is 2.80. The number of rotatable bonds is 3. The van der Waals surface area contributed by atoms with Gasteiger partial charge >= 0.3 is 0 Å². The van der Waals surface area contributed by atoms with Crippen molar-refractivity contribution < 1.29 is 4.74 Å². The fourth-order valence-corrected chi connectivity index (χ4v) is 2.03. The molecule has 0 aliphatic rings. The van der Waals surface area contributed by atoms with Gasteiger partial charge in [0.05, 0.1) is 6.61 Å². The molecule has 0 fully saturated rings. The second-order valence-electron chi connectivity index (χ2n) is 4.05. The van der Waals surface area contributed by atoms with Gasteiger partial charge in [0.15, 0.2) is 5.43 Å². The summed E-state index contributed by atoms with van der Waals surface area (Å²) in [6.07, 6.45) is 0.838. The fourth-order valence-electron chi connectivity index (χ4n) is 2.03. The molecule has 1 aromatic heterocycles. The maximum absolute atomic E-state index is 12.2. The van der Waals surface area contributed by atoms with Crippen LogP contribution >= 0.6 is 0 Å². The zero-order valence-electron chi connectivity index (χ0n) is 10.5. The van der Waals surface area contributed by atoms with Crippen LogP contribution in [0.15, 0.2) is 23.0 Å². The molecule has 0 amide bonds. The van der Waals surface area contributed by atoms with Gasteiger partial charge < -0.3 is 9.72 Å². The Hall–Kier alpha value is -1.77. The van der Waals surface area contributed by atoms with Crippen LogP contribution in [0.3, 0.4) is 0 Å². The lowest BCUT2D eigenvalue weighted by Gasteiger charge is -2.08. The normalized spacial score (nSPS) is 10.8. The zero-order chi connectivity index (χ0) is 12.4. The number of hydrogen-bond donors (Lipinski definition) is 1. The maximum atomic E-state index is 12.2. The molecule has 3 nitrogen and oxygen atoms in total. The van der Waals surface area contributed by atoms with E-state index < -0.39 is 0 Å². The molecular weight excluding hydrogens is 214 g/mol. The Labute approximate surface area is 100 Å².